The summed E-state index contributed by atoms with van der Waals surface area (Å²) in [6, 6.07) is 4.51. The van der Waals surface area contributed by atoms with Gasteiger partial charge in [-0.05, 0) is 39.7 Å². The van der Waals surface area contributed by atoms with E-state index in [0.29, 0.717) is 19.2 Å². The average molecular weight is 384 g/mol. The van der Waals surface area contributed by atoms with Gasteiger partial charge in [0.15, 0.2) is 5.78 Å². The molecule has 3 nitrogen and oxygen atoms in total. The number of Topliss-reactive ketones (excluding diaryl/α,β-unsaturated/α-hetero) is 1. The molecule has 0 aliphatic carbocycles. The summed E-state index contributed by atoms with van der Waals surface area (Å²) in [7, 11) is 0. The molecule has 0 spiro atoms. The van der Waals surface area contributed by atoms with Crippen LogP contribution in [0.2, 0.25) is 0 Å². The summed E-state index contributed by atoms with van der Waals surface area (Å²) in [4.78, 5) is 26.6. The summed E-state index contributed by atoms with van der Waals surface area (Å²) < 4.78 is 14.5. The van der Waals surface area contributed by atoms with Crippen molar-refractivity contribution in [3.05, 3.63) is 53.6 Å². The molecule has 1 aromatic carbocycles. The second kappa shape index (κ2) is 6.30. The number of aromatic nitrogens is 1. The van der Waals surface area contributed by atoms with Gasteiger partial charge in [0.2, 0.25) is 0 Å². The maximum absolute atomic E-state index is 13.2. The van der Waals surface area contributed by atoms with E-state index in [1.807, 2.05) is 20.8 Å². The van der Waals surface area contributed by atoms with Crippen LogP contribution in [0.15, 0.2) is 27.5 Å². The van der Waals surface area contributed by atoms with E-state index < -0.39 is 5.41 Å². The highest BCUT2D eigenvalue weighted by Crippen LogP contribution is 2.17. The van der Waals surface area contributed by atoms with Crippen LogP contribution in [0.4, 0.5) is 4.39 Å². The number of aromatic amines is 1. The van der Waals surface area contributed by atoms with E-state index in [9.17, 15) is 14.0 Å². The fraction of sp³-hybridized carbons (Fsp3) is 0.250. The Morgan fingerprint density at radius 3 is 2.64 bits per heavy atom. The van der Waals surface area contributed by atoms with Crippen molar-refractivity contribution in [3.63, 3.8) is 0 Å². The van der Waals surface area contributed by atoms with Crippen LogP contribution < -0.4 is 14.8 Å². The minimum absolute atomic E-state index is 0.0546. The van der Waals surface area contributed by atoms with E-state index in [0.717, 1.165) is 0 Å². The maximum atomic E-state index is 13.2. The number of carbonyl (C=O) groups is 1. The minimum atomic E-state index is -0.493. The number of thiazole rings is 1. The molecule has 22 heavy (non-hydrogen) atoms. The molecular formula is C16H15BrFNO2S. The molecular weight excluding hydrogens is 369 g/mol. The first-order chi connectivity index (χ1) is 10.2. The Bertz CT molecular complexity index is 890. The van der Waals surface area contributed by atoms with Gasteiger partial charge in [0.25, 0.3) is 5.56 Å². The standard InChI is InChI=1S/C16H15BrFNO2S/c1-16(2,3)13(20)8-14-19-15(21)12(22-14)7-9-4-5-11(18)10(17)6-9/h4-8H,1-3H3,(H,19,21)/b12-7-,14-8-. The van der Waals surface area contributed by atoms with Gasteiger partial charge >= 0.3 is 0 Å². The fourth-order valence-corrected chi connectivity index (χ4v) is 2.90. The summed E-state index contributed by atoms with van der Waals surface area (Å²) >= 11 is 4.31. The summed E-state index contributed by atoms with van der Waals surface area (Å²) in [5, 5.41) is 0. The molecule has 0 radical (unpaired) electrons. The van der Waals surface area contributed by atoms with Crippen LogP contribution in [-0.2, 0) is 4.79 Å². The lowest BCUT2D eigenvalue weighted by Crippen LogP contribution is -2.22. The number of carbonyl (C=O) groups excluding carboxylic acids is 1. The Balaban J connectivity index is 2.48. The molecule has 6 heteroatoms. The number of H-pyrrole nitrogens is 1. The van der Waals surface area contributed by atoms with E-state index in [4.69, 9.17) is 0 Å². The van der Waals surface area contributed by atoms with Gasteiger partial charge in [-0.1, -0.05) is 26.8 Å². The van der Waals surface area contributed by atoms with Crippen molar-refractivity contribution in [2.45, 2.75) is 20.8 Å². The highest BCUT2D eigenvalue weighted by atomic mass is 79.9. The Morgan fingerprint density at radius 1 is 1.36 bits per heavy atom. The topological polar surface area (TPSA) is 49.9 Å². The van der Waals surface area contributed by atoms with Crippen molar-refractivity contribution in [1.82, 2.24) is 4.98 Å². The van der Waals surface area contributed by atoms with Gasteiger partial charge in [-0.2, -0.15) is 0 Å². The summed E-state index contributed by atoms with van der Waals surface area (Å²) in [5.41, 5.74) is -0.0558. The highest BCUT2D eigenvalue weighted by molar-refractivity contribution is 9.10. The first-order valence-electron chi connectivity index (χ1n) is 6.59. The predicted octanol–water partition coefficient (Wildman–Crippen LogP) is 2.56. The second-order valence-electron chi connectivity index (χ2n) is 5.86. The average Bonchev–Trinajstić information content (AvgIpc) is 2.73. The number of hydrogen-bond donors (Lipinski definition) is 1. The third-order valence-electron chi connectivity index (χ3n) is 2.92. The first kappa shape index (κ1) is 16.8. The van der Waals surface area contributed by atoms with Crippen molar-refractivity contribution < 1.29 is 9.18 Å². The fourth-order valence-electron chi connectivity index (χ4n) is 1.61. The summed E-state index contributed by atoms with van der Waals surface area (Å²) in [5.74, 6) is -0.414. The minimum Gasteiger partial charge on any atom is -0.313 e. The largest absolute Gasteiger partial charge is 0.313 e. The molecule has 0 atom stereocenters. The van der Waals surface area contributed by atoms with Crippen LogP contribution in [0.25, 0.3) is 12.2 Å². The third kappa shape index (κ3) is 4.01. The first-order valence-corrected chi connectivity index (χ1v) is 8.20. The predicted molar refractivity (Wildman–Crippen MR) is 90.8 cm³/mol. The number of benzene rings is 1. The van der Waals surface area contributed by atoms with Crippen molar-refractivity contribution in [3.8, 4) is 0 Å². The summed E-state index contributed by atoms with van der Waals surface area (Å²) in [6.07, 6.45) is 3.11. The Hall–Kier alpha value is -1.53. The molecule has 0 saturated heterocycles. The second-order valence-corrected chi connectivity index (χ2v) is 7.80. The van der Waals surface area contributed by atoms with Gasteiger partial charge in [0.1, 0.15) is 5.82 Å². The van der Waals surface area contributed by atoms with E-state index in [1.54, 1.807) is 18.2 Å². The van der Waals surface area contributed by atoms with Gasteiger partial charge in [0.05, 0.1) is 13.7 Å². The SMILES string of the molecule is CC(C)(C)C(=O)/C=c1/[nH]c(=O)/c(=C/c2ccc(F)c(Br)c2)s1. The van der Waals surface area contributed by atoms with Crippen molar-refractivity contribution in [2.24, 2.45) is 5.41 Å². The van der Waals surface area contributed by atoms with E-state index in [-0.39, 0.29) is 17.2 Å². The molecule has 1 aromatic heterocycles. The zero-order chi connectivity index (χ0) is 16.5. The Morgan fingerprint density at radius 2 is 2.05 bits per heavy atom. The van der Waals surface area contributed by atoms with Gasteiger partial charge in [-0.3, -0.25) is 9.59 Å². The zero-order valence-electron chi connectivity index (χ0n) is 12.4. The van der Waals surface area contributed by atoms with Gasteiger partial charge < -0.3 is 4.98 Å². The quantitative estimate of drug-likeness (QED) is 0.866. The zero-order valence-corrected chi connectivity index (χ0v) is 14.8. The number of ketones is 1. The van der Waals surface area contributed by atoms with E-state index in [1.165, 1.54) is 23.5 Å². The number of halogens is 2. The molecule has 2 rings (SSSR count). The number of hydrogen-bond acceptors (Lipinski definition) is 3. The maximum Gasteiger partial charge on any atom is 0.266 e. The molecule has 2 aromatic rings. The molecule has 0 amide bonds. The van der Waals surface area contributed by atoms with Crippen molar-refractivity contribution in [2.75, 3.05) is 0 Å². The van der Waals surface area contributed by atoms with Crippen LogP contribution in [-0.4, -0.2) is 10.8 Å². The smallest absolute Gasteiger partial charge is 0.266 e. The molecule has 1 N–H and O–H groups in total. The lowest BCUT2D eigenvalue weighted by atomic mass is 9.91. The lowest BCUT2D eigenvalue weighted by molar-refractivity contribution is -0.119. The van der Waals surface area contributed by atoms with Crippen LogP contribution in [0.3, 0.4) is 0 Å². The lowest BCUT2D eigenvalue weighted by Gasteiger charge is -2.12. The van der Waals surface area contributed by atoms with Gasteiger partial charge in [-0.15, -0.1) is 11.3 Å². The van der Waals surface area contributed by atoms with Crippen LogP contribution in [0, 0.1) is 11.2 Å². The molecule has 116 valence electrons. The normalized spacial score (nSPS) is 13.7. The monoisotopic (exact) mass is 383 g/mol. The van der Waals surface area contributed by atoms with Gasteiger partial charge in [-0.25, -0.2) is 4.39 Å². The molecule has 0 unspecified atom stereocenters. The van der Waals surface area contributed by atoms with Crippen LogP contribution >= 0.6 is 27.3 Å². The third-order valence-corrected chi connectivity index (χ3v) is 4.49. The molecule has 0 aliphatic heterocycles. The molecule has 0 saturated carbocycles. The summed E-state index contributed by atoms with van der Waals surface area (Å²) in [6.45, 7) is 5.46. The van der Waals surface area contributed by atoms with E-state index >= 15 is 0 Å². The Kier molecular flexibility index (Phi) is 4.82. The number of nitrogens with one attached hydrogen (secondary N) is 1. The highest BCUT2D eigenvalue weighted by Gasteiger charge is 2.18. The van der Waals surface area contributed by atoms with Gasteiger partial charge in [0, 0.05) is 11.5 Å². The molecule has 0 fully saturated rings. The van der Waals surface area contributed by atoms with E-state index in [2.05, 4.69) is 20.9 Å². The van der Waals surface area contributed by atoms with Crippen molar-refractivity contribution in [1.29, 1.82) is 0 Å². The number of rotatable bonds is 2. The molecule has 0 aliphatic rings. The molecule has 0 bridgehead atoms. The Labute approximate surface area is 139 Å². The van der Waals surface area contributed by atoms with Crippen molar-refractivity contribution >= 4 is 45.2 Å². The molecule has 1 heterocycles. The van der Waals surface area contributed by atoms with Crippen LogP contribution in [0.1, 0.15) is 26.3 Å². The van der Waals surface area contributed by atoms with Crippen LogP contribution in [0.5, 0.6) is 0 Å².